The first-order chi connectivity index (χ1) is 9.39. The van der Waals surface area contributed by atoms with E-state index in [4.69, 9.17) is 4.74 Å². The van der Waals surface area contributed by atoms with Crippen molar-refractivity contribution in [3.63, 3.8) is 0 Å². The van der Waals surface area contributed by atoms with Gasteiger partial charge in [0.2, 0.25) is 5.88 Å². The van der Waals surface area contributed by atoms with Crippen molar-refractivity contribution in [2.45, 2.75) is 58.0 Å². The fourth-order valence-corrected chi connectivity index (χ4v) is 3.21. The van der Waals surface area contributed by atoms with Crippen LogP contribution < -0.4 is 5.56 Å². The number of nitrogens with zero attached hydrogens (tertiary/aromatic N) is 1. The lowest BCUT2D eigenvalue weighted by Gasteiger charge is -2.37. The average Bonchev–Trinajstić information content (AvgIpc) is 2.37. The van der Waals surface area contributed by atoms with Crippen molar-refractivity contribution in [2.75, 3.05) is 7.11 Å². The quantitative estimate of drug-likeness (QED) is 0.892. The van der Waals surface area contributed by atoms with Gasteiger partial charge in [-0.2, -0.15) is 4.98 Å². The maximum Gasteiger partial charge on any atom is 0.258 e. The van der Waals surface area contributed by atoms with Gasteiger partial charge in [0, 0.05) is 7.11 Å². The number of H-pyrrole nitrogens is 1. The van der Waals surface area contributed by atoms with Gasteiger partial charge in [-0.1, -0.05) is 27.2 Å². The van der Waals surface area contributed by atoms with E-state index in [1.165, 1.54) is 0 Å². The van der Waals surface area contributed by atoms with E-state index >= 15 is 0 Å². The van der Waals surface area contributed by atoms with Crippen LogP contribution in [0.3, 0.4) is 0 Å². The number of aromatic nitrogens is 2. The summed E-state index contributed by atoms with van der Waals surface area (Å²) in [5.41, 5.74) is -0.509. The summed E-state index contributed by atoms with van der Waals surface area (Å²) in [6.45, 7) is 5.90. The molecule has 0 spiro atoms. The fraction of sp³-hybridized carbons (Fsp3) is 0.733. The second-order valence-electron chi connectivity index (χ2n) is 6.21. The molecule has 1 aromatic heterocycles. The molecular weight excluding hydrogens is 256 g/mol. The van der Waals surface area contributed by atoms with Crippen molar-refractivity contribution in [3.05, 3.63) is 21.7 Å². The SMILES string of the molecule is COC1(c2nc(O)c(C(C)C)c(=O)[nH]2)CCCC(C)C1. The molecule has 0 aromatic carbocycles. The summed E-state index contributed by atoms with van der Waals surface area (Å²) in [6, 6.07) is 0. The Morgan fingerprint density at radius 1 is 1.50 bits per heavy atom. The number of rotatable bonds is 3. The molecule has 0 radical (unpaired) electrons. The smallest absolute Gasteiger partial charge is 0.258 e. The van der Waals surface area contributed by atoms with Crippen LogP contribution in [0.5, 0.6) is 5.88 Å². The van der Waals surface area contributed by atoms with E-state index in [9.17, 15) is 9.90 Å². The van der Waals surface area contributed by atoms with Crippen LogP contribution in [0.4, 0.5) is 0 Å². The molecule has 5 heteroatoms. The Labute approximate surface area is 119 Å². The number of methoxy groups -OCH3 is 1. The molecule has 20 heavy (non-hydrogen) atoms. The zero-order chi connectivity index (χ0) is 14.9. The zero-order valence-corrected chi connectivity index (χ0v) is 12.7. The monoisotopic (exact) mass is 280 g/mol. The number of hydrogen-bond donors (Lipinski definition) is 2. The number of hydrogen-bond acceptors (Lipinski definition) is 4. The van der Waals surface area contributed by atoms with Gasteiger partial charge in [0.15, 0.2) is 0 Å². The Balaban J connectivity index is 2.49. The summed E-state index contributed by atoms with van der Waals surface area (Å²) < 4.78 is 5.70. The predicted octanol–water partition coefficient (Wildman–Crippen LogP) is 2.65. The Morgan fingerprint density at radius 2 is 2.20 bits per heavy atom. The number of aromatic hydroxyl groups is 1. The summed E-state index contributed by atoms with van der Waals surface area (Å²) in [5, 5.41) is 10.1. The van der Waals surface area contributed by atoms with Crippen LogP contribution in [0.15, 0.2) is 4.79 Å². The van der Waals surface area contributed by atoms with E-state index in [-0.39, 0.29) is 17.4 Å². The Morgan fingerprint density at radius 3 is 2.70 bits per heavy atom. The summed E-state index contributed by atoms with van der Waals surface area (Å²) in [4.78, 5) is 19.2. The topological polar surface area (TPSA) is 75.2 Å². The highest BCUT2D eigenvalue weighted by Gasteiger charge is 2.39. The lowest BCUT2D eigenvalue weighted by molar-refractivity contribution is -0.0651. The van der Waals surface area contributed by atoms with E-state index in [1.807, 2.05) is 13.8 Å². The van der Waals surface area contributed by atoms with Gasteiger partial charge in [0.25, 0.3) is 5.56 Å². The summed E-state index contributed by atoms with van der Waals surface area (Å²) in [5.74, 6) is 0.733. The molecule has 112 valence electrons. The molecule has 1 saturated carbocycles. The van der Waals surface area contributed by atoms with E-state index < -0.39 is 5.60 Å². The normalized spacial score (nSPS) is 26.9. The summed E-state index contributed by atoms with van der Waals surface area (Å²) in [6.07, 6.45) is 3.82. The molecule has 2 rings (SSSR count). The third-order valence-corrected chi connectivity index (χ3v) is 4.29. The van der Waals surface area contributed by atoms with Crippen molar-refractivity contribution < 1.29 is 9.84 Å². The highest BCUT2D eigenvalue weighted by molar-refractivity contribution is 5.27. The molecule has 1 aliphatic carbocycles. The van der Waals surface area contributed by atoms with E-state index in [0.29, 0.717) is 17.3 Å². The van der Waals surface area contributed by atoms with Crippen LogP contribution in [0.1, 0.15) is 63.8 Å². The van der Waals surface area contributed by atoms with Crippen LogP contribution in [0, 0.1) is 5.92 Å². The Hall–Kier alpha value is -1.36. The predicted molar refractivity (Wildman–Crippen MR) is 76.9 cm³/mol. The molecule has 2 N–H and O–H groups in total. The molecule has 0 amide bonds. The molecule has 5 nitrogen and oxygen atoms in total. The van der Waals surface area contributed by atoms with Gasteiger partial charge < -0.3 is 14.8 Å². The van der Waals surface area contributed by atoms with Crippen LogP contribution in [-0.4, -0.2) is 22.2 Å². The van der Waals surface area contributed by atoms with Crippen molar-refractivity contribution in [3.8, 4) is 5.88 Å². The maximum absolute atomic E-state index is 12.2. The third kappa shape index (κ3) is 2.59. The van der Waals surface area contributed by atoms with Gasteiger partial charge in [0.1, 0.15) is 11.4 Å². The third-order valence-electron chi connectivity index (χ3n) is 4.29. The second kappa shape index (κ2) is 5.56. The molecule has 1 fully saturated rings. The molecule has 1 aliphatic rings. The number of ether oxygens (including phenoxy) is 1. The lowest BCUT2D eigenvalue weighted by Crippen LogP contribution is -2.38. The van der Waals surface area contributed by atoms with Crippen molar-refractivity contribution in [1.29, 1.82) is 0 Å². The van der Waals surface area contributed by atoms with Crippen LogP contribution in [-0.2, 0) is 10.3 Å². The minimum absolute atomic E-state index is 0.0657. The minimum atomic E-state index is -0.580. The number of aromatic amines is 1. The molecule has 2 unspecified atom stereocenters. The average molecular weight is 280 g/mol. The molecule has 0 saturated heterocycles. The van der Waals surface area contributed by atoms with Crippen LogP contribution in [0.25, 0.3) is 0 Å². The first-order valence-electron chi connectivity index (χ1n) is 7.28. The first kappa shape index (κ1) is 15.0. The lowest BCUT2D eigenvalue weighted by atomic mass is 9.78. The maximum atomic E-state index is 12.2. The summed E-state index contributed by atoms with van der Waals surface area (Å²) >= 11 is 0. The molecular formula is C15H24N2O3. The van der Waals surface area contributed by atoms with Gasteiger partial charge >= 0.3 is 0 Å². The van der Waals surface area contributed by atoms with Gasteiger partial charge in [0.05, 0.1) is 5.56 Å². The molecule has 1 heterocycles. The van der Waals surface area contributed by atoms with E-state index in [0.717, 1.165) is 25.7 Å². The van der Waals surface area contributed by atoms with Crippen molar-refractivity contribution in [1.82, 2.24) is 9.97 Å². The van der Waals surface area contributed by atoms with Crippen molar-refractivity contribution in [2.24, 2.45) is 5.92 Å². The van der Waals surface area contributed by atoms with E-state index in [2.05, 4.69) is 16.9 Å². The highest BCUT2D eigenvalue weighted by Crippen LogP contribution is 2.41. The molecule has 0 bridgehead atoms. The zero-order valence-electron chi connectivity index (χ0n) is 12.7. The second-order valence-corrected chi connectivity index (χ2v) is 6.21. The van der Waals surface area contributed by atoms with Gasteiger partial charge in [-0.15, -0.1) is 0 Å². The Bertz CT molecular complexity index is 538. The highest BCUT2D eigenvalue weighted by atomic mass is 16.5. The Kier molecular flexibility index (Phi) is 4.18. The standard InChI is InChI=1S/C15H24N2O3/c1-9(2)11-12(18)16-14(17-13(11)19)15(20-4)7-5-6-10(3)8-15/h9-10H,5-8H2,1-4H3,(H2,16,17,18,19). The van der Waals surface area contributed by atoms with Gasteiger partial charge in [-0.3, -0.25) is 4.79 Å². The molecule has 1 aromatic rings. The van der Waals surface area contributed by atoms with Gasteiger partial charge in [-0.05, 0) is 31.1 Å². The van der Waals surface area contributed by atoms with Crippen LogP contribution >= 0.6 is 0 Å². The summed E-state index contributed by atoms with van der Waals surface area (Å²) in [7, 11) is 1.64. The largest absolute Gasteiger partial charge is 0.493 e. The van der Waals surface area contributed by atoms with Crippen molar-refractivity contribution >= 4 is 0 Å². The van der Waals surface area contributed by atoms with Crippen LogP contribution in [0.2, 0.25) is 0 Å². The minimum Gasteiger partial charge on any atom is -0.493 e. The number of nitrogens with one attached hydrogen (secondary N) is 1. The van der Waals surface area contributed by atoms with E-state index in [1.54, 1.807) is 7.11 Å². The molecule has 2 atom stereocenters. The first-order valence-corrected chi connectivity index (χ1v) is 7.28. The van der Waals surface area contributed by atoms with Gasteiger partial charge in [-0.25, -0.2) is 0 Å². The molecule has 0 aliphatic heterocycles. The fourth-order valence-electron chi connectivity index (χ4n) is 3.21.